The molecule has 12 aromatic rings. The molecule has 3 aromatic heterocycles. The van der Waals surface area contributed by atoms with E-state index in [-0.39, 0.29) is 0 Å². The fourth-order valence-electron chi connectivity index (χ4n) is 8.59. The van der Waals surface area contributed by atoms with Crippen LogP contribution in [-0.2, 0) is 0 Å². The summed E-state index contributed by atoms with van der Waals surface area (Å²) in [4.78, 5) is 2.37. The number of benzene rings is 9. The molecule has 0 amide bonds. The third-order valence-corrected chi connectivity index (χ3v) is 13.8. The lowest BCUT2D eigenvalue weighted by molar-refractivity contribution is 0.669. The maximum atomic E-state index is 6.13. The van der Waals surface area contributed by atoms with E-state index in [9.17, 15) is 0 Å². The number of fused-ring (bicyclic) bond motifs is 9. The summed E-state index contributed by atoms with van der Waals surface area (Å²) < 4.78 is 11.4. The molecule has 0 radical (unpaired) electrons. The predicted octanol–water partition coefficient (Wildman–Crippen LogP) is 16.8. The minimum atomic E-state index is 0.908. The SMILES string of the molecule is c1cc(-c2ccc3sc4ccccc4c3c2)cc(N(c2ccc(-c3ccc4oc5ccccc5c4c3)cc2)c2ccc(-c3ccc4sc5ccccc5c4c3)cc2)c1. The first-order valence-corrected chi connectivity index (χ1v) is 21.2. The molecular formula is C54H33NOS2. The summed E-state index contributed by atoms with van der Waals surface area (Å²) in [5.41, 5.74) is 12.3. The van der Waals surface area contributed by atoms with E-state index in [4.69, 9.17) is 4.42 Å². The van der Waals surface area contributed by atoms with Gasteiger partial charge in [-0.3, -0.25) is 0 Å². The number of nitrogens with zero attached hydrogens (tertiary/aromatic N) is 1. The molecule has 0 atom stereocenters. The topological polar surface area (TPSA) is 16.4 Å². The molecule has 0 bridgehead atoms. The maximum Gasteiger partial charge on any atom is 0.135 e. The molecule has 12 rings (SSSR count). The molecule has 0 unspecified atom stereocenters. The number of anilines is 3. The third kappa shape index (κ3) is 5.53. The van der Waals surface area contributed by atoms with Gasteiger partial charge < -0.3 is 9.32 Å². The fourth-order valence-corrected chi connectivity index (χ4v) is 10.8. The van der Waals surface area contributed by atoms with E-state index in [1.165, 1.54) is 62.6 Å². The molecule has 0 aliphatic heterocycles. The van der Waals surface area contributed by atoms with Gasteiger partial charge in [-0.1, -0.05) is 109 Å². The average Bonchev–Trinajstić information content (AvgIpc) is 3.98. The summed E-state index contributed by atoms with van der Waals surface area (Å²) in [6.07, 6.45) is 0. The number of hydrogen-bond acceptors (Lipinski definition) is 4. The lowest BCUT2D eigenvalue weighted by atomic mass is 10.00. The van der Waals surface area contributed by atoms with Gasteiger partial charge in [0.05, 0.1) is 0 Å². The van der Waals surface area contributed by atoms with Gasteiger partial charge in [-0.05, 0) is 124 Å². The highest BCUT2D eigenvalue weighted by Crippen LogP contribution is 2.42. The molecule has 4 heteroatoms. The Kier molecular flexibility index (Phi) is 7.62. The van der Waals surface area contributed by atoms with Crippen molar-refractivity contribution in [3.05, 3.63) is 200 Å². The standard InChI is InChI=1S/C54H33NOS2/c1-4-13-49-43(10-1)46-31-37(20-27-50(46)56-49)34-16-23-40(24-17-34)55(41-25-18-35(19-26-41)38-21-28-53-47(32-38)44-11-2-5-14-51(44)57-53)42-9-7-8-36(30-42)39-22-29-54-48(33-39)45-12-3-6-15-52(45)58-54/h1-33H. The van der Waals surface area contributed by atoms with Gasteiger partial charge in [-0.2, -0.15) is 0 Å². The number of thiophene rings is 2. The highest BCUT2D eigenvalue weighted by Gasteiger charge is 2.16. The Labute approximate surface area is 343 Å². The van der Waals surface area contributed by atoms with Gasteiger partial charge >= 0.3 is 0 Å². The van der Waals surface area contributed by atoms with E-state index >= 15 is 0 Å². The Bertz CT molecular complexity index is 3360. The Morgan fingerprint density at radius 3 is 1.34 bits per heavy atom. The van der Waals surface area contributed by atoms with Crippen LogP contribution in [-0.4, -0.2) is 0 Å². The number of para-hydroxylation sites is 1. The molecule has 2 nitrogen and oxygen atoms in total. The molecule has 0 N–H and O–H groups in total. The van der Waals surface area contributed by atoms with Crippen LogP contribution in [0.4, 0.5) is 17.1 Å². The van der Waals surface area contributed by atoms with Crippen LogP contribution in [0.1, 0.15) is 0 Å². The van der Waals surface area contributed by atoms with Crippen molar-refractivity contribution < 1.29 is 4.42 Å². The zero-order valence-electron chi connectivity index (χ0n) is 31.2. The smallest absolute Gasteiger partial charge is 0.135 e. The van der Waals surface area contributed by atoms with Crippen molar-refractivity contribution in [3.8, 4) is 33.4 Å². The van der Waals surface area contributed by atoms with Crippen molar-refractivity contribution in [1.29, 1.82) is 0 Å². The molecule has 0 saturated heterocycles. The van der Waals surface area contributed by atoms with E-state index < -0.39 is 0 Å². The summed E-state index contributed by atoms with van der Waals surface area (Å²) >= 11 is 3.72. The summed E-state index contributed by atoms with van der Waals surface area (Å²) in [5.74, 6) is 0. The number of rotatable bonds is 6. The maximum absolute atomic E-state index is 6.13. The van der Waals surface area contributed by atoms with Crippen molar-refractivity contribution in [1.82, 2.24) is 0 Å². The van der Waals surface area contributed by atoms with E-state index in [2.05, 4.69) is 193 Å². The second-order valence-electron chi connectivity index (χ2n) is 14.9. The number of hydrogen-bond donors (Lipinski definition) is 0. The Hall–Kier alpha value is -6.98. The highest BCUT2D eigenvalue weighted by atomic mass is 32.1. The zero-order chi connectivity index (χ0) is 38.2. The molecular weight excluding hydrogens is 743 g/mol. The van der Waals surface area contributed by atoms with E-state index in [0.717, 1.165) is 50.1 Å². The van der Waals surface area contributed by atoms with Crippen LogP contribution in [0.5, 0.6) is 0 Å². The Morgan fingerprint density at radius 2 is 0.724 bits per heavy atom. The normalized spacial score (nSPS) is 11.8. The monoisotopic (exact) mass is 775 g/mol. The molecule has 0 aliphatic carbocycles. The minimum absolute atomic E-state index is 0.908. The van der Waals surface area contributed by atoms with Gasteiger partial charge in [-0.15, -0.1) is 22.7 Å². The molecule has 58 heavy (non-hydrogen) atoms. The van der Waals surface area contributed by atoms with Crippen molar-refractivity contribution in [3.63, 3.8) is 0 Å². The van der Waals surface area contributed by atoms with Crippen LogP contribution < -0.4 is 4.90 Å². The van der Waals surface area contributed by atoms with Gasteiger partial charge in [0.2, 0.25) is 0 Å². The first-order valence-electron chi connectivity index (χ1n) is 19.6. The van der Waals surface area contributed by atoms with Crippen molar-refractivity contribution in [2.75, 3.05) is 4.90 Å². The average molecular weight is 776 g/mol. The summed E-state index contributed by atoms with van der Waals surface area (Å²) in [7, 11) is 0. The van der Waals surface area contributed by atoms with Crippen LogP contribution in [0.3, 0.4) is 0 Å². The second-order valence-corrected chi connectivity index (χ2v) is 17.1. The first-order chi connectivity index (χ1) is 28.7. The lowest BCUT2D eigenvalue weighted by Crippen LogP contribution is -2.10. The predicted molar refractivity (Wildman–Crippen MR) is 250 cm³/mol. The molecule has 272 valence electrons. The summed E-state index contributed by atoms with van der Waals surface area (Å²) in [5, 5.41) is 7.53. The molecule has 0 fully saturated rings. The van der Waals surface area contributed by atoms with Gasteiger partial charge in [0.1, 0.15) is 11.2 Å². The van der Waals surface area contributed by atoms with Crippen LogP contribution >= 0.6 is 22.7 Å². The van der Waals surface area contributed by atoms with Crippen LogP contribution in [0, 0.1) is 0 Å². The quantitative estimate of drug-likeness (QED) is 0.167. The molecule has 9 aromatic carbocycles. The third-order valence-electron chi connectivity index (χ3n) is 11.5. The minimum Gasteiger partial charge on any atom is -0.456 e. The number of furan rings is 1. The first kappa shape index (κ1) is 33.2. The van der Waals surface area contributed by atoms with Gasteiger partial charge in [0.25, 0.3) is 0 Å². The van der Waals surface area contributed by atoms with Gasteiger partial charge in [-0.25, -0.2) is 0 Å². The fraction of sp³-hybridized carbons (Fsp3) is 0. The van der Waals surface area contributed by atoms with Crippen molar-refractivity contribution >= 4 is 102 Å². The lowest BCUT2D eigenvalue weighted by Gasteiger charge is -2.26. The zero-order valence-corrected chi connectivity index (χ0v) is 32.9. The van der Waals surface area contributed by atoms with Crippen LogP contribution in [0.2, 0.25) is 0 Å². The molecule has 0 aliphatic rings. The summed E-state index contributed by atoms with van der Waals surface area (Å²) in [6, 6.07) is 72.9. The molecule has 0 spiro atoms. The van der Waals surface area contributed by atoms with Crippen LogP contribution in [0.25, 0.3) is 95.7 Å². The molecule has 3 heterocycles. The van der Waals surface area contributed by atoms with Crippen molar-refractivity contribution in [2.24, 2.45) is 0 Å². The van der Waals surface area contributed by atoms with Crippen molar-refractivity contribution in [2.45, 2.75) is 0 Å². The van der Waals surface area contributed by atoms with Gasteiger partial charge in [0, 0.05) is 68.2 Å². The summed E-state index contributed by atoms with van der Waals surface area (Å²) in [6.45, 7) is 0. The van der Waals surface area contributed by atoms with Gasteiger partial charge in [0.15, 0.2) is 0 Å². The van der Waals surface area contributed by atoms with E-state index in [0.29, 0.717) is 0 Å². The van der Waals surface area contributed by atoms with E-state index in [1.54, 1.807) is 0 Å². The Morgan fingerprint density at radius 1 is 0.276 bits per heavy atom. The largest absolute Gasteiger partial charge is 0.456 e. The molecule has 0 saturated carbocycles. The highest BCUT2D eigenvalue weighted by molar-refractivity contribution is 7.26. The van der Waals surface area contributed by atoms with Crippen LogP contribution in [0.15, 0.2) is 205 Å². The Balaban J connectivity index is 0.950. The second kappa shape index (κ2) is 13.3. The van der Waals surface area contributed by atoms with E-state index in [1.807, 2.05) is 34.8 Å².